The zero-order chi connectivity index (χ0) is 10.6. The van der Waals surface area contributed by atoms with E-state index in [-0.39, 0.29) is 12.4 Å². The molecule has 2 N–H and O–H groups in total. The predicted molar refractivity (Wildman–Crippen MR) is 57.8 cm³/mol. The molecule has 0 heterocycles. The number of aliphatic hydroxyl groups excluding tert-OH is 1. The van der Waals surface area contributed by atoms with Crippen LogP contribution in [0.1, 0.15) is 12.0 Å². The highest BCUT2D eigenvalue weighted by Gasteiger charge is 2.07. The van der Waals surface area contributed by atoms with E-state index in [4.69, 9.17) is 9.84 Å². The molecular formula is C10H13BrO3. The maximum absolute atomic E-state index is 9.66. The fourth-order valence-electron chi connectivity index (χ4n) is 1.21. The molecule has 0 amide bonds. The van der Waals surface area contributed by atoms with Gasteiger partial charge in [-0.1, -0.05) is 0 Å². The summed E-state index contributed by atoms with van der Waals surface area (Å²) in [4.78, 5) is 0. The van der Waals surface area contributed by atoms with Gasteiger partial charge in [-0.2, -0.15) is 0 Å². The standard InChI is InChI=1S/C10H13BrO3/c1-14-8-5-7(3-2-4-12)10(13)9(11)6-8/h5-6,12-13H,2-4H2,1H3. The van der Waals surface area contributed by atoms with Crippen molar-refractivity contribution >= 4 is 15.9 Å². The minimum atomic E-state index is 0.119. The highest BCUT2D eigenvalue weighted by Crippen LogP contribution is 2.33. The lowest BCUT2D eigenvalue weighted by Gasteiger charge is -2.08. The largest absolute Gasteiger partial charge is 0.506 e. The number of halogens is 1. The van der Waals surface area contributed by atoms with Crippen LogP contribution in [0, 0.1) is 0 Å². The van der Waals surface area contributed by atoms with E-state index < -0.39 is 0 Å². The summed E-state index contributed by atoms with van der Waals surface area (Å²) in [6.07, 6.45) is 1.27. The number of aromatic hydroxyl groups is 1. The normalized spacial score (nSPS) is 10.2. The molecule has 0 saturated carbocycles. The van der Waals surface area contributed by atoms with Crippen molar-refractivity contribution in [2.45, 2.75) is 12.8 Å². The van der Waals surface area contributed by atoms with Gasteiger partial charge >= 0.3 is 0 Å². The van der Waals surface area contributed by atoms with E-state index in [1.165, 1.54) is 0 Å². The molecule has 0 atom stereocenters. The van der Waals surface area contributed by atoms with Crippen LogP contribution in [-0.4, -0.2) is 23.9 Å². The number of hydrogen-bond acceptors (Lipinski definition) is 3. The van der Waals surface area contributed by atoms with E-state index in [2.05, 4.69) is 15.9 Å². The number of aryl methyl sites for hydroxylation is 1. The third kappa shape index (κ3) is 2.62. The Morgan fingerprint density at radius 2 is 2.14 bits per heavy atom. The Hall–Kier alpha value is -0.740. The fraction of sp³-hybridized carbons (Fsp3) is 0.400. The molecule has 4 heteroatoms. The molecular weight excluding hydrogens is 248 g/mol. The van der Waals surface area contributed by atoms with E-state index in [0.717, 1.165) is 5.56 Å². The van der Waals surface area contributed by atoms with Gasteiger partial charge in [-0.3, -0.25) is 0 Å². The van der Waals surface area contributed by atoms with Crippen LogP contribution in [0.2, 0.25) is 0 Å². The van der Waals surface area contributed by atoms with Gasteiger partial charge in [0.05, 0.1) is 11.6 Å². The Kier molecular flexibility index (Phi) is 4.22. The van der Waals surface area contributed by atoms with Gasteiger partial charge < -0.3 is 14.9 Å². The van der Waals surface area contributed by atoms with E-state index in [1.807, 2.05) is 0 Å². The first kappa shape index (κ1) is 11.3. The molecule has 0 spiro atoms. The van der Waals surface area contributed by atoms with Gasteiger partial charge in [-0.15, -0.1) is 0 Å². The van der Waals surface area contributed by atoms with Crippen molar-refractivity contribution in [3.8, 4) is 11.5 Å². The van der Waals surface area contributed by atoms with Crippen molar-refractivity contribution < 1.29 is 14.9 Å². The van der Waals surface area contributed by atoms with Crippen molar-refractivity contribution in [3.05, 3.63) is 22.2 Å². The topological polar surface area (TPSA) is 49.7 Å². The smallest absolute Gasteiger partial charge is 0.133 e. The number of methoxy groups -OCH3 is 1. The quantitative estimate of drug-likeness (QED) is 0.872. The molecule has 0 aliphatic rings. The average Bonchev–Trinajstić information content (AvgIpc) is 2.20. The lowest BCUT2D eigenvalue weighted by molar-refractivity contribution is 0.288. The average molecular weight is 261 g/mol. The summed E-state index contributed by atoms with van der Waals surface area (Å²) in [5, 5.41) is 18.3. The molecule has 0 fully saturated rings. The third-order valence-electron chi connectivity index (χ3n) is 1.96. The number of benzene rings is 1. The summed E-state index contributed by atoms with van der Waals surface area (Å²) in [6, 6.07) is 3.48. The summed E-state index contributed by atoms with van der Waals surface area (Å²) in [6.45, 7) is 0.119. The summed E-state index contributed by atoms with van der Waals surface area (Å²) >= 11 is 3.24. The van der Waals surface area contributed by atoms with Crippen LogP contribution in [-0.2, 0) is 6.42 Å². The molecule has 0 bridgehead atoms. The first-order valence-electron chi connectivity index (χ1n) is 4.35. The highest BCUT2D eigenvalue weighted by molar-refractivity contribution is 9.10. The summed E-state index contributed by atoms with van der Waals surface area (Å²) in [5.41, 5.74) is 0.783. The Morgan fingerprint density at radius 3 is 2.71 bits per heavy atom. The maximum atomic E-state index is 9.66. The Bertz CT molecular complexity index is 312. The van der Waals surface area contributed by atoms with Gasteiger partial charge in [-0.05, 0) is 46.5 Å². The minimum Gasteiger partial charge on any atom is -0.506 e. The summed E-state index contributed by atoms with van der Waals surface area (Å²) < 4.78 is 5.68. The lowest BCUT2D eigenvalue weighted by atomic mass is 10.1. The second-order valence-electron chi connectivity index (χ2n) is 2.94. The first-order valence-corrected chi connectivity index (χ1v) is 5.14. The van der Waals surface area contributed by atoms with Crippen LogP contribution in [0.3, 0.4) is 0 Å². The summed E-state index contributed by atoms with van der Waals surface area (Å²) in [5.74, 6) is 0.918. The second-order valence-corrected chi connectivity index (χ2v) is 3.80. The lowest BCUT2D eigenvalue weighted by Crippen LogP contribution is -1.92. The van der Waals surface area contributed by atoms with Crippen molar-refractivity contribution in [1.82, 2.24) is 0 Å². The Morgan fingerprint density at radius 1 is 1.43 bits per heavy atom. The van der Waals surface area contributed by atoms with Crippen molar-refractivity contribution in [3.63, 3.8) is 0 Å². The third-order valence-corrected chi connectivity index (χ3v) is 2.56. The van der Waals surface area contributed by atoms with Gasteiger partial charge in [0.15, 0.2) is 0 Å². The molecule has 0 aromatic heterocycles. The van der Waals surface area contributed by atoms with E-state index in [0.29, 0.717) is 23.1 Å². The van der Waals surface area contributed by atoms with Gasteiger partial charge in [0.25, 0.3) is 0 Å². The van der Waals surface area contributed by atoms with Gasteiger partial charge in [0.1, 0.15) is 11.5 Å². The van der Waals surface area contributed by atoms with Gasteiger partial charge in [0.2, 0.25) is 0 Å². The van der Waals surface area contributed by atoms with Crippen LogP contribution in [0.5, 0.6) is 11.5 Å². The van der Waals surface area contributed by atoms with Crippen LogP contribution in [0.25, 0.3) is 0 Å². The SMILES string of the molecule is COc1cc(Br)c(O)c(CCCO)c1. The molecule has 1 aromatic rings. The van der Waals surface area contributed by atoms with Gasteiger partial charge in [0, 0.05) is 6.61 Å². The molecule has 1 aromatic carbocycles. The van der Waals surface area contributed by atoms with E-state index in [9.17, 15) is 5.11 Å². The molecule has 0 radical (unpaired) electrons. The van der Waals surface area contributed by atoms with Crippen LogP contribution in [0.4, 0.5) is 0 Å². The first-order chi connectivity index (χ1) is 6.69. The van der Waals surface area contributed by atoms with Crippen LogP contribution < -0.4 is 4.74 Å². The number of aliphatic hydroxyl groups is 1. The van der Waals surface area contributed by atoms with Crippen molar-refractivity contribution in [2.24, 2.45) is 0 Å². The molecule has 14 heavy (non-hydrogen) atoms. The van der Waals surface area contributed by atoms with Crippen molar-refractivity contribution in [1.29, 1.82) is 0 Å². The number of hydrogen-bond donors (Lipinski definition) is 2. The molecule has 0 unspecified atom stereocenters. The van der Waals surface area contributed by atoms with Crippen molar-refractivity contribution in [2.75, 3.05) is 13.7 Å². The fourth-order valence-corrected chi connectivity index (χ4v) is 1.69. The van der Waals surface area contributed by atoms with Gasteiger partial charge in [-0.25, -0.2) is 0 Å². The zero-order valence-corrected chi connectivity index (χ0v) is 9.54. The molecule has 0 aliphatic carbocycles. The van der Waals surface area contributed by atoms with Crippen LogP contribution in [0.15, 0.2) is 16.6 Å². The second kappa shape index (κ2) is 5.22. The zero-order valence-electron chi connectivity index (χ0n) is 7.96. The van der Waals surface area contributed by atoms with E-state index in [1.54, 1.807) is 19.2 Å². The molecule has 3 nitrogen and oxygen atoms in total. The Labute approximate surface area is 91.5 Å². The molecule has 0 aliphatic heterocycles. The molecule has 0 saturated heterocycles. The van der Waals surface area contributed by atoms with Crippen LogP contribution >= 0.6 is 15.9 Å². The summed E-state index contributed by atoms with van der Waals surface area (Å²) in [7, 11) is 1.58. The molecule has 78 valence electrons. The highest BCUT2D eigenvalue weighted by atomic mass is 79.9. The number of ether oxygens (including phenoxy) is 1. The number of phenolic OH excluding ortho intramolecular Hbond substituents is 1. The predicted octanol–water partition coefficient (Wildman–Crippen LogP) is 2.09. The monoisotopic (exact) mass is 260 g/mol. The maximum Gasteiger partial charge on any atom is 0.133 e. The number of rotatable bonds is 4. The van der Waals surface area contributed by atoms with E-state index >= 15 is 0 Å². The number of phenols is 1. The minimum absolute atomic E-state index is 0.119. The Balaban J connectivity index is 2.95. The molecule has 1 rings (SSSR count).